The largest absolute Gasteiger partial charge is 0.340 e. The number of nitrogens with zero attached hydrogens (tertiary/aromatic N) is 2. The van der Waals surface area contributed by atoms with Crippen molar-refractivity contribution in [2.45, 2.75) is 19.3 Å². The van der Waals surface area contributed by atoms with E-state index in [2.05, 4.69) is 5.32 Å². The molecule has 1 unspecified atom stereocenters. The molecule has 3 rings (SSSR count). The van der Waals surface area contributed by atoms with Gasteiger partial charge in [0, 0.05) is 32.1 Å². The van der Waals surface area contributed by atoms with Crippen molar-refractivity contribution in [2.75, 3.05) is 39.3 Å². The SMILES string of the molecule is NS(=O)(=O)N1CCN(C(=O)C2CC23CCNCC3)CC1. The molecule has 2 aliphatic heterocycles. The molecule has 1 atom stereocenters. The van der Waals surface area contributed by atoms with Gasteiger partial charge in [-0.15, -0.1) is 0 Å². The summed E-state index contributed by atoms with van der Waals surface area (Å²) in [7, 11) is -3.62. The van der Waals surface area contributed by atoms with Crippen molar-refractivity contribution in [1.29, 1.82) is 0 Å². The quantitative estimate of drug-likeness (QED) is 0.664. The van der Waals surface area contributed by atoms with Crippen molar-refractivity contribution in [3.8, 4) is 0 Å². The molecule has 3 aliphatic rings. The Morgan fingerprint density at radius 1 is 1.15 bits per heavy atom. The highest BCUT2D eigenvalue weighted by Gasteiger charge is 2.58. The maximum Gasteiger partial charge on any atom is 0.277 e. The molecule has 1 saturated carbocycles. The molecule has 0 aromatic heterocycles. The fraction of sp³-hybridized carbons (Fsp3) is 0.917. The zero-order valence-corrected chi connectivity index (χ0v) is 12.4. The molecule has 0 aromatic rings. The third-order valence-corrected chi connectivity index (χ3v) is 6.08. The maximum absolute atomic E-state index is 12.5. The van der Waals surface area contributed by atoms with Crippen molar-refractivity contribution >= 4 is 16.1 Å². The summed E-state index contributed by atoms with van der Waals surface area (Å²) >= 11 is 0. The first-order valence-corrected chi connectivity index (χ1v) is 8.70. The Kier molecular flexibility index (Phi) is 3.52. The normalized spacial score (nSPS) is 30.4. The van der Waals surface area contributed by atoms with Crippen LogP contribution in [0.15, 0.2) is 0 Å². The second-order valence-corrected chi connectivity index (χ2v) is 7.68. The van der Waals surface area contributed by atoms with Crippen LogP contribution >= 0.6 is 0 Å². The molecule has 114 valence electrons. The molecular formula is C12H22N4O3S. The van der Waals surface area contributed by atoms with E-state index in [1.54, 1.807) is 0 Å². The van der Waals surface area contributed by atoms with Gasteiger partial charge in [0.2, 0.25) is 5.91 Å². The van der Waals surface area contributed by atoms with Crippen LogP contribution in [-0.4, -0.2) is 62.8 Å². The molecule has 0 radical (unpaired) electrons. The number of piperazine rings is 1. The Bertz CT molecular complexity index is 493. The summed E-state index contributed by atoms with van der Waals surface area (Å²) in [5.74, 6) is 0.367. The highest BCUT2D eigenvalue weighted by Crippen LogP contribution is 2.59. The summed E-state index contributed by atoms with van der Waals surface area (Å²) in [5, 5.41) is 8.43. The number of hydrogen-bond acceptors (Lipinski definition) is 4. The van der Waals surface area contributed by atoms with Crippen LogP contribution in [0.5, 0.6) is 0 Å². The summed E-state index contributed by atoms with van der Waals surface area (Å²) in [4.78, 5) is 14.3. The predicted octanol–water partition coefficient (Wildman–Crippen LogP) is -1.28. The van der Waals surface area contributed by atoms with E-state index in [9.17, 15) is 13.2 Å². The molecule has 20 heavy (non-hydrogen) atoms. The third kappa shape index (κ3) is 2.57. The van der Waals surface area contributed by atoms with Gasteiger partial charge in [-0.05, 0) is 37.8 Å². The number of piperidine rings is 1. The summed E-state index contributed by atoms with van der Waals surface area (Å²) < 4.78 is 23.7. The summed E-state index contributed by atoms with van der Waals surface area (Å²) in [6.07, 6.45) is 3.17. The van der Waals surface area contributed by atoms with Crippen molar-refractivity contribution in [3.63, 3.8) is 0 Å². The second-order valence-electron chi connectivity index (χ2n) is 6.14. The zero-order valence-electron chi connectivity index (χ0n) is 11.5. The Balaban J connectivity index is 1.55. The van der Waals surface area contributed by atoms with Crippen molar-refractivity contribution in [3.05, 3.63) is 0 Å². The van der Waals surface area contributed by atoms with Crippen molar-refractivity contribution in [2.24, 2.45) is 16.5 Å². The molecule has 7 nitrogen and oxygen atoms in total. The number of nitrogens with two attached hydrogens (primary N) is 1. The van der Waals surface area contributed by atoms with Crippen LogP contribution in [0.4, 0.5) is 0 Å². The fourth-order valence-electron chi connectivity index (χ4n) is 3.56. The number of amides is 1. The van der Waals surface area contributed by atoms with Gasteiger partial charge in [0.15, 0.2) is 0 Å². The van der Waals surface area contributed by atoms with Gasteiger partial charge in [-0.25, -0.2) is 5.14 Å². The van der Waals surface area contributed by atoms with Gasteiger partial charge < -0.3 is 10.2 Å². The minimum Gasteiger partial charge on any atom is -0.340 e. The first-order valence-electron chi connectivity index (χ1n) is 7.20. The van der Waals surface area contributed by atoms with Crippen LogP contribution in [0.1, 0.15) is 19.3 Å². The van der Waals surface area contributed by atoms with Gasteiger partial charge in [-0.2, -0.15) is 12.7 Å². The Morgan fingerprint density at radius 2 is 1.75 bits per heavy atom. The molecule has 1 amide bonds. The van der Waals surface area contributed by atoms with E-state index < -0.39 is 10.2 Å². The summed E-state index contributed by atoms with van der Waals surface area (Å²) in [6, 6.07) is 0. The standard InChI is InChI=1S/C12H22N4O3S/c13-20(18,19)16-7-5-15(6-8-16)11(17)10-9-12(10)1-3-14-4-2-12/h10,14H,1-9H2,(H2,13,18,19). The lowest BCUT2D eigenvalue weighted by molar-refractivity contribution is -0.134. The van der Waals surface area contributed by atoms with E-state index in [1.807, 2.05) is 4.90 Å². The average molecular weight is 302 g/mol. The van der Waals surface area contributed by atoms with Crippen molar-refractivity contribution < 1.29 is 13.2 Å². The van der Waals surface area contributed by atoms with E-state index >= 15 is 0 Å². The van der Waals surface area contributed by atoms with Gasteiger partial charge in [-0.3, -0.25) is 4.79 Å². The van der Waals surface area contributed by atoms with Crippen LogP contribution in [-0.2, 0) is 15.0 Å². The first kappa shape index (κ1) is 14.2. The van der Waals surface area contributed by atoms with E-state index in [1.165, 1.54) is 4.31 Å². The number of rotatable bonds is 2. The number of nitrogens with one attached hydrogen (secondary N) is 1. The molecule has 3 N–H and O–H groups in total. The number of carbonyl (C=O) groups excluding carboxylic acids is 1. The van der Waals surface area contributed by atoms with Gasteiger partial charge in [0.1, 0.15) is 0 Å². The Labute approximate surface area is 119 Å². The molecule has 3 fully saturated rings. The van der Waals surface area contributed by atoms with Gasteiger partial charge in [-0.1, -0.05) is 0 Å². The fourth-order valence-corrected chi connectivity index (χ4v) is 4.23. The second kappa shape index (κ2) is 4.94. The third-order valence-electron chi connectivity index (χ3n) is 5.00. The molecule has 1 spiro atoms. The lowest BCUT2D eigenvalue weighted by Gasteiger charge is -2.34. The lowest BCUT2D eigenvalue weighted by Crippen LogP contribution is -2.52. The van der Waals surface area contributed by atoms with E-state index in [0.29, 0.717) is 26.2 Å². The smallest absolute Gasteiger partial charge is 0.277 e. The molecule has 8 heteroatoms. The topological polar surface area (TPSA) is 95.7 Å². The molecule has 2 heterocycles. The maximum atomic E-state index is 12.5. The van der Waals surface area contributed by atoms with Crippen LogP contribution in [0.3, 0.4) is 0 Å². The predicted molar refractivity (Wildman–Crippen MR) is 73.9 cm³/mol. The highest BCUT2D eigenvalue weighted by atomic mass is 32.2. The Hall–Kier alpha value is -0.700. The van der Waals surface area contributed by atoms with Crippen LogP contribution in [0.2, 0.25) is 0 Å². The molecule has 1 aliphatic carbocycles. The number of carbonyl (C=O) groups is 1. The molecule has 2 saturated heterocycles. The van der Waals surface area contributed by atoms with E-state index in [4.69, 9.17) is 5.14 Å². The van der Waals surface area contributed by atoms with Gasteiger partial charge >= 0.3 is 0 Å². The summed E-state index contributed by atoms with van der Waals surface area (Å²) in [5.41, 5.74) is 0.236. The van der Waals surface area contributed by atoms with Crippen molar-refractivity contribution in [1.82, 2.24) is 14.5 Å². The van der Waals surface area contributed by atoms with Crippen LogP contribution in [0, 0.1) is 11.3 Å². The Morgan fingerprint density at radius 3 is 2.30 bits per heavy atom. The van der Waals surface area contributed by atoms with Crippen LogP contribution in [0.25, 0.3) is 0 Å². The van der Waals surface area contributed by atoms with Crippen LogP contribution < -0.4 is 10.5 Å². The summed E-state index contributed by atoms with van der Waals surface area (Å²) in [6.45, 7) is 3.55. The molecular weight excluding hydrogens is 280 g/mol. The lowest BCUT2D eigenvalue weighted by atomic mass is 9.91. The monoisotopic (exact) mass is 302 g/mol. The minimum absolute atomic E-state index is 0.158. The highest BCUT2D eigenvalue weighted by molar-refractivity contribution is 7.86. The van der Waals surface area contributed by atoms with E-state index in [0.717, 1.165) is 32.4 Å². The number of hydrogen-bond donors (Lipinski definition) is 2. The van der Waals surface area contributed by atoms with Gasteiger partial charge in [0.25, 0.3) is 10.2 Å². The van der Waals surface area contributed by atoms with Gasteiger partial charge in [0.05, 0.1) is 0 Å². The zero-order chi connectivity index (χ0) is 14.4. The average Bonchev–Trinajstić information content (AvgIpc) is 3.11. The first-order chi connectivity index (χ1) is 9.42. The minimum atomic E-state index is -3.62. The molecule has 0 bridgehead atoms. The van der Waals surface area contributed by atoms with E-state index in [-0.39, 0.29) is 17.2 Å². The molecule has 0 aromatic carbocycles.